The van der Waals surface area contributed by atoms with Crippen LogP contribution < -0.4 is 5.73 Å². The van der Waals surface area contributed by atoms with Crippen molar-refractivity contribution in [2.45, 2.75) is 51.9 Å². The Morgan fingerprint density at radius 1 is 1.05 bits per heavy atom. The number of hydrogen-bond acceptors (Lipinski definition) is 2. The minimum Gasteiger partial charge on any atom is -0.370 e. The summed E-state index contributed by atoms with van der Waals surface area (Å²) in [7, 11) is 0. The van der Waals surface area contributed by atoms with Gasteiger partial charge in [-0.2, -0.15) is 0 Å². The number of nitrogens with zero attached hydrogens (tertiary/aromatic N) is 3. The molecule has 4 nitrogen and oxygen atoms in total. The highest BCUT2D eigenvalue weighted by Crippen LogP contribution is 2.18. The molecule has 0 atom stereocenters. The Hall–Kier alpha value is -0.770. The molecule has 4 heteroatoms. The van der Waals surface area contributed by atoms with Gasteiger partial charge in [-0.05, 0) is 57.7 Å². The molecule has 2 rings (SSSR count). The molecular formula is C16H32N4. The van der Waals surface area contributed by atoms with E-state index < -0.39 is 0 Å². The lowest BCUT2D eigenvalue weighted by Crippen LogP contribution is -2.39. The Bertz CT molecular complexity index is 287. The van der Waals surface area contributed by atoms with Crippen LogP contribution in [0.5, 0.6) is 0 Å². The van der Waals surface area contributed by atoms with E-state index in [1.54, 1.807) is 0 Å². The largest absolute Gasteiger partial charge is 0.370 e. The second kappa shape index (κ2) is 8.50. The third-order valence-corrected chi connectivity index (χ3v) is 4.69. The average molecular weight is 280 g/mol. The van der Waals surface area contributed by atoms with Gasteiger partial charge in [-0.15, -0.1) is 0 Å². The number of nitrogens with two attached hydrogens (primary N) is 1. The van der Waals surface area contributed by atoms with Crippen LogP contribution in [-0.2, 0) is 0 Å². The second-order valence-corrected chi connectivity index (χ2v) is 6.39. The van der Waals surface area contributed by atoms with Gasteiger partial charge in [0.05, 0.1) is 0 Å². The number of rotatable bonds is 4. The van der Waals surface area contributed by atoms with Crippen molar-refractivity contribution in [1.29, 1.82) is 0 Å². The molecule has 0 unspecified atom stereocenters. The van der Waals surface area contributed by atoms with E-state index in [1.165, 1.54) is 64.6 Å². The summed E-state index contributed by atoms with van der Waals surface area (Å²) in [5, 5.41) is 0. The van der Waals surface area contributed by atoms with Crippen molar-refractivity contribution in [1.82, 2.24) is 9.80 Å². The highest BCUT2D eigenvalue weighted by Gasteiger charge is 2.18. The van der Waals surface area contributed by atoms with Gasteiger partial charge in [-0.3, -0.25) is 4.99 Å². The fourth-order valence-electron chi connectivity index (χ4n) is 3.33. The molecule has 0 bridgehead atoms. The van der Waals surface area contributed by atoms with Crippen LogP contribution in [0.2, 0.25) is 0 Å². The highest BCUT2D eigenvalue weighted by molar-refractivity contribution is 5.78. The summed E-state index contributed by atoms with van der Waals surface area (Å²) < 4.78 is 0. The molecule has 0 aromatic heterocycles. The van der Waals surface area contributed by atoms with Gasteiger partial charge in [0.2, 0.25) is 0 Å². The lowest BCUT2D eigenvalue weighted by Gasteiger charge is -2.31. The summed E-state index contributed by atoms with van der Waals surface area (Å²) in [6.45, 7) is 9.15. The SMILES string of the molecule is CCCN1CCC(CN=C(N)N2CCCCCC2)CC1. The zero-order chi connectivity index (χ0) is 14.2. The minimum atomic E-state index is 0.744. The van der Waals surface area contributed by atoms with Crippen LogP contribution >= 0.6 is 0 Å². The molecule has 2 N–H and O–H groups in total. The molecular weight excluding hydrogens is 248 g/mol. The Morgan fingerprint density at radius 3 is 2.30 bits per heavy atom. The maximum Gasteiger partial charge on any atom is 0.191 e. The van der Waals surface area contributed by atoms with E-state index in [9.17, 15) is 0 Å². The van der Waals surface area contributed by atoms with Crippen LogP contribution in [0.15, 0.2) is 4.99 Å². The number of piperidine rings is 1. The molecule has 0 spiro atoms. The van der Waals surface area contributed by atoms with Gasteiger partial charge >= 0.3 is 0 Å². The van der Waals surface area contributed by atoms with Crippen LogP contribution in [0, 0.1) is 5.92 Å². The predicted molar refractivity (Wildman–Crippen MR) is 86.0 cm³/mol. The fraction of sp³-hybridized carbons (Fsp3) is 0.938. The van der Waals surface area contributed by atoms with E-state index in [0.717, 1.165) is 31.5 Å². The van der Waals surface area contributed by atoms with Crippen LogP contribution in [0.4, 0.5) is 0 Å². The number of likely N-dealkylation sites (tertiary alicyclic amines) is 2. The molecule has 2 heterocycles. The third-order valence-electron chi connectivity index (χ3n) is 4.69. The van der Waals surface area contributed by atoms with Gasteiger partial charge in [-0.1, -0.05) is 19.8 Å². The van der Waals surface area contributed by atoms with Crippen molar-refractivity contribution in [3.05, 3.63) is 0 Å². The van der Waals surface area contributed by atoms with Gasteiger partial charge in [0, 0.05) is 19.6 Å². The summed E-state index contributed by atoms with van der Waals surface area (Å²) in [5.74, 6) is 1.54. The van der Waals surface area contributed by atoms with Crippen molar-refractivity contribution >= 4 is 5.96 Å². The molecule has 2 fully saturated rings. The number of guanidine groups is 1. The summed E-state index contributed by atoms with van der Waals surface area (Å²) in [5.41, 5.74) is 6.18. The van der Waals surface area contributed by atoms with E-state index >= 15 is 0 Å². The van der Waals surface area contributed by atoms with Gasteiger partial charge in [0.25, 0.3) is 0 Å². The van der Waals surface area contributed by atoms with Crippen molar-refractivity contribution in [2.75, 3.05) is 39.3 Å². The minimum absolute atomic E-state index is 0.744. The second-order valence-electron chi connectivity index (χ2n) is 6.39. The monoisotopic (exact) mass is 280 g/mol. The van der Waals surface area contributed by atoms with Crippen molar-refractivity contribution in [3.8, 4) is 0 Å². The molecule has 116 valence electrons. The van der Waals surface area contributed by atoms with Gasteiger partial charge in [0.15, 0.2) is 5.96 Å². The van der Waals surface area contributed by atoms with Gasteiger partial charge < -0.3 is 15.5 Å². The van der Waals surface area contributed by atoms with Crippen molar-refractivity contribution in [2.24, 2.45) is 16.6 Å². The van der Waals surface area contributed by atoms with Crippen molar-refractivity contribution < 1.29 is 0 Å². The molecule has 0 aromatic rings. The summed E-state index contributed by atoms with van der Waals surface area (Å²) in [4.78, 5) is 9.56. The first-order chi connectivity index (χ1) is 9.79. The van der Waals surface area contributed by atoms with Crippen LogP contribution in [0.3, 0.4) is 0 Å². The van der Waals surface area contributed by atoms with Crippen LogP contribution in [0.25, 0.3) is 0 Å². The van der Waals surface area contributed by atoms with Gasteiger partial charge in [0.1, 0.15) is 0 Å². The molecule has 2 aliphatic heterocycles. The first-order valence-electron chi connectivity index (χ1n) is 8.57. The van der Waals surface area contributed by atoms with Gasteiger partial charge in [-0.25, -0.2) is 0 Å². The Balaban J connectivity index is 1.72. The molecule has 2 saturated heterocycles. The molecule has 2 aliphatic rings. The molecule has 0 aliphatic carbocycles. The molecule has 0 radical (unpaired) electrons. The quantitative estimate of drug-likeness (QED) is 0.635. The van der Waals surface area contributed by atoms with E-state index in [-0.39, 0.29) is 0 Å². The first kappa shape index (κ1) is 15.6. The van der Waals surface area contributed by atoms with Crippen molar-refractivity contribution in [3.63, 3.8) is 0 Å². The predicted octanol–water partition coefficient (Wildman–Crippen LogP) is 2.30. The Labute approximate surface area is 124 Å². The van der Waals surface area contributed by atoms with E-state index in [4.69, 9.17) is 5.73 Å². The lowest BCUT2D eigenvalue weighted by molar-refractivity contribution is 0.188. The standard InChI is InChI=1S/C16H32N4/c1-2-9-19-12-7-15(8-13-19)14-18-16(17)20-10-5-3-4-6-11-20/h15H,2-14H2,1H3,(H2,17,18). The van der Waals surface area contributed by atoms with Crippen LogP contribution in [0.1, 0.15) is 51.9 Å². The highest BCUT2D eigenvalue weighted by atomic mass is 15.2. The maximum atomic E-state index is 6.18. The van der Waals surface area contributed by atoms with E-state index in [0.29, 0.717) is 0 Å². The first-order valence-corrected chi connectivity index (χ1v) is 8.57. The topological polar surface area (TPSA) is 44.9 Å². The van der Waals surface area contributed by atoms with Crippen LogP contribution in [-0.4, -0.2) is 55.0 Å². The Kier molecular flexibility index (Phi) is 6.64. The summed E-state index contributed by atoms with van der Waals surface area (Å²) >= 11 is 0. The smallest absolute Gasteiger partial charge is 0.191 e. The molecule has 0 amide bonds. The zero-order valence-corrected chi connectivity index (χ0v) is 13.2. The Morgan fingerprint density at radius 2 is 1.70 bits per heavy atom. The molecule has 0 aromatic carbocycles. The van der Waals surface area contributed by atoms with E-state index in [1.807, 2.05) is 0 Å². The van der Waals surface area contributed by atoms with E-state index in [2.05, 4.69) is 21.7 Å². The lowest BCUT2D eigenvalue weighted by atomic mass is 9.97. The number of aliphatic imine (C=N–C) groups is 1. The molecule has 0 saturated carbocycles. The maximum absolute atomic E-state index is 6.18. The average Bonchev–Trinajstić information content (AvgIpc) is 2.76. The molecule has 20 heavy (non-hydrogen) atoms. The fourth-order valence-corrected chi connectivity index (χ4v) is 3.33. The summed E-state index contributed by atoms with van der Waals surface area (Å²) in [6.07, 6.45) is 9.08. The number of hydrogen-bond donors (Lipinski definition) is 1. The third kappa shape index (κ3) is 4.97. The zero-order valence-electron chi connectivity index (χ0n) is 13.2. The summed E-state index contributed by atoms with van der Waals surface area (Å²) in [6, 6.07) is 0. The normalized spacial score (nSPS) is 23.9.